The quantitative estimate of drug-likeness (QED) is 0.0246. The molecule has 0 aliphatic heterocycles. The number of benzene rings is 5. The summed E-state index contributed by atoms with van der Waals surface area (Å²) in [7, 11) is 2.01. The van der Waals surface area contributed by atoms with Crippen LogP contribution < -0.4 is 75.9 Å². The van der Waals surface area contributed by atoms with Crippen LogP contribution in [0.3, 0.4) is 0 Å². The van der Waals surface area contributed by atoms with Gasteiger partial charge in [0.1, 0.15) is 64.5 Å². The van der Waals surface area contributed by atoms with Crippen LogP contribution in [0.4, 0.5) is 0 Å². The normalized spacial score (nSPS) is 11.7. The number of ether oxygens (including phenoxy) is 10. The molecule has 16 rings (SSSR count). The Morgan fingerprint density at radius 2 is 0.405 bits per heavy atom. The number of hydrogen-bond acceptors (Lipinski definition) is 10. The zero-order chi connectivity index (χ0) is 59.3. The van der Waals surface area contributed by atoms with Gasteiger partial charge in [-0.25, -0.2) is 4.57 Å². The minimum absolute atomic E-state index is 0. The van der Waals surface area contributed by atoms with E-state index in [9.17, 15) is 0 Å². The fourth-order valence-corrected chi connectivity index (χ4v) is 10.7. The van der Waals surface area contributed by atoms with Gasteiger partial charge >= 0.3 is 0 Å². The van der Waals surface area contributed by atoms with Crippen molar-refractivity contribution in [3.63, 3.8) is 0 Å². The molecule has 1 aromatic heterocycles. The number of aryl methyl sites for hydroxylation is 2. The minimum atomic E-state index is 0. The summed E-state index contributed by atoms with van der Waals surface area (Å²) in [5.74, 6) is 7.33. The highest BCUT2D eigenvalue weighted by Gasteiger charge is 2.25. The van der Waals surface area contributed by atoms with Crippen LogP contribution in [0.1, 0.15) is 61.2 Å². The van der Waals surface area contributed by atoms with Crippen molar-refractivity contribution in [3.8, 4) is 57.5 Å². The van der Waals surface area contributed by atoms with Crippen molar-refractivity contribution >= 4 is 159 Å². The first kappa shape index (κ1) is 73.5. The van der Waals surface area contributed by atoms with Crippen molar-refractivity contribution in [3.05, 3.63) is 146 Å². The van der Waals surface area contributed by atoms with Crippen molar-refractivity contribution in [1.82, 2.24) is 0 Å². The predicted octanol–water partition coefficient (Wildman–Crippen LogP) is 13.5. The zero-order valence-corrected chi connectivity index (χ0v) is 65.0. The van der Waals surface area contributed by atoms with Gasteiger partial charge in [-0.3, -0.25) is 0 Å². The summed E-state index contributed by atoms with van der Waals surface area (Å²) in [6.07, 6.45) is 6.39. The fourth-order valence-electron chi connectivity index (χ4n) is 9.03. The van der Waals surface area contributed by atoms with Crippen LogP contribution >= 0.6 is 159 Å². The van der Waals surface area contributed by atoms with Crippen LogP contribution in [-0.2, 0) is 39.2 Å². The first-order valence-corrected chi connectivity index (χ1v) is 38.3. The molecule has 5 aromatic carbocycles. The van der Waals surface area contributed by atoms with Gasteiger partial charge in [-0.1, -0.05) is 159 Å². The first-order chi connectivity index (χ1) is 40.5. The fraction of sp³-hybridized carbons (Fsp3) is 0.435. The SMILES string of the molecule is BrCCOc1cc2c(OCCBr)cc1Cc1cc(OCCBr)c(cc1OCCBr)Cc1cc(OCCBr)c(cc1OCCBr)Cc1cc(OCCBr)c(cc1OCCBr)Cc1cc(OCCBr)c(cc1OCCBr)C2.Cc1cc[n+](C)cc1.[I-]. The smallest absolute Gasteiger partial charge is 0.168 e. The van der Waals surface area contributed by atoms with Crippen LogP contribution in [0, 0.1) is 6.92 Å². The second-order valence-electron chi connectivity index (χ2n) is 18.6. The average molecular weight is 1920 g/mol. The van der Waals surface area contributed by atoms with Crippen molar-refractivity contribution < 1.29 is 75.9 Å². The largest absolute Gasteiger partial charge is 1.00 e. The highest BCUT2D eigenvalue weighted by atomic mass is 127. The van der Waals surface area contributed by atoms with Crippen LogP contribution in [0.5, 0.6) is 57.5 Å². The molecule has 0 saturated carbocycles. The number of halogens is 11. The monoisotopic (exact) mass is 1900 g/mol. The molecule has 11 nitrogen and oxygen atoms in total. The highest BCUT2D eigenvalue weighted by Crippen LogP contribution is 2.43. The molecule has 10 aliphatic rings. The summed E-state index contributed by atoms with van der Waals surface area (Å²) < 4.78 is 68.2. The van der Waals surface area contributed by atoms with E-state index in [1.54, 1.807) is 0 Å². The molecule has 0 atom stereocenters. The Kier molecular flexibility index (Phi) is 36.1. The van der Waals surface area contributed by atoms with E-state index in [2.05, 4.69) is 239 Å². The van der Waals surface area contributed by atoms with Gasteiger partial charge in [0, 0.05) is 153 Å². The molecule has 460 valence electrons. The Balaban J connectivity index is 0.00000132. The standard InChI is InChI=1S/C55H60Br10O10.C7H10N.HI/c56-1-11-66-46-26-37-22-39-29-51(71-16-6-61)41(31-50(39)70-15-5-60)24-43-33-55(75-20-10-65)45(35-54(43)74-19-9-64)25-44-34-52(72-17-7-62)42(32-53(44)73-18-8-63)23-40-30-48(68-13-3-58)38(28-49(40)69-14-4-59)21-36(46)27-47(37)67-12-2-57;1-7-3-5-8(2)6-4-7;/h26-35H,1-25H2;3-6H,1-2H3;1H/q;+1;/p-1. The lowest BCUT2D eigenvalue weighted by Crippen LogP contribution is -3.00. The highest BCUT2D eigenvalue weighted by molar-refractivity contribution is 9.10. The van der Waals surface area contributed by atoms with Gasteiger partial charge in [0.25, 0.3) is 0 Å². The third-order valence-corrected chi connectivity index (χ3v) is 15.9. The summed E-state index contributed by atoms with van der Waals surface area (Å²) in [6.45, 7) is 6.56. The number of alkyl halides is 10. The maximum absolute atomic E-state index is 6.62. The van der Waals surface area contributed by atoms with Gasteiger partial charge in [0.15, 0.2) is 12.4 Å². The van der Waals surface area contributed by atoms with Crippen molar-refractivity contribution in [2.45, 2.75) is 39.0 Å². The van der Waals surface area contributed by atoms with E-state index in [0.717, 1.165) is 113 Å². The molecule has 0 N–H and O–H groups in total. The lowest BCUT2D eigenvalue weighted by molar-refractivity contribution is -0.671. The molecule has 0 spiro atoms. The molecule has 6 aromatic rings. The maximum Gasteiger partial charge on any atom is 0.168 e. The van der Waals surface area contributed by atoms with E-state index in [1.165, 1.54) is 5.56 Å². The van der Waals surface area contributed by atoms with Crippen LogP contribution in [0.2, 0.25) is 0 Å². The van der Waals surface area contributed by atoms with Crippen molar-refractivity contribution in [1.29, 1.82) is 0 Å². The topological polar surface area (TPSA) is 96.2 Å². The third kappa shape index (κ3) is 23.2. The lowest BCUT2D eigenvalue weighted by Gasteiger charge is -2.22. The van der Waals surface area contributed by atoms with Gasteiger partial charge < -0.3 is 71.3 Å². The number of pyridine rings is 1. The number of nitrogens with zero attached hydrogens (tertiary/aromatic N) is 1. The van der Waals surface area contributed by atoms with Crippen LogP contribution in [-0.4, -0.2) is 119 Å². The van der Waals surface area contributed by atoms with Crippen LogP contribution in [0.15, 0.2) is 85.2 Å². The summed E-state index contributed by atoms with van der Waals surface area (Å²) in [5, 5.41) is 6.42. The number of hydrogen-bond donors (Lipinski definition) is 0. The first-order valence-electron chi connectivity index (χ1n) is 27.1. The average Bonchev–Trinajstić information content (AvgIpc) is 2.81. The van der Waals surface area contributed by atoms with E-state index < -0.39 is 0 Å². The summed E-state index contributed by atoms with van der Waals surface area (Å²) >= 11 is 36.2. The summed E-state index contributed by atoms with van der Waals surface area (Å²) in [6, 6.07) is 25.2. The Labute approximate surface area is 597 Å². The predicted molar refractivity (Wildman–Crippen MR) is 371 cm³/mol. The molecule has 10 aliphatic carbocycles. The molecule has 1 heterocycles. The summed E-state index contributed by atoms with van der Waals surface area (Å²) in [5.41, 5.74) is 10.6. The molecule has 0 unspecified atom stereocenters. The molecule has 84 heavy (non-hydrogen) atoms. The van der Waals surface area contributed by atoms with Gasteiger partial charge in [0.2, 0.25) is 0 Å². The molecule has 0 saturated heterocycles. The van der Waals surface area contributed by atoms with Crippen LogP contribution in [0.25, 0.3) is 0 Å². The Hall–Kier alpha value is -1.22. The second-order valence-corrected chi connectivity index (χ2v) is 26.6. The molecule has 0 fully saturated rings. The van der Waals surface area contributed by atoms with Gasteiger partial charge in [-0.15, -0.1) is 0 Å². The Morgan fingerprint density at radius 1 is 0.274 bits per heavy atom. The molecule has 0 amide bonds. The van der Waals surface area contributed by atoms with Gasteiger partial charge in [-0.2, -0.15) is 0 Å². The second kappa shape index (κ2) is 41.2. The summed E-state index contributed by atoms with van der Waals surface area (Å²) in [4.78, 5) is 0. The van der Waals surface area contributed by atoms with Gasteiger partial charge in [0.05, 0.1) is 66.1 Å². The maximum atomic E-state index is 6.62. The molecular weight excluding hydrogens is 1840 g/mol. The molecule has 22 heteroatoms. The van der Waals surface area contributed by atoms with E-state index in [1.807, 2.05) is 24.0 Å². The Bertz CT molecular complexity index is 2350. The molecule has 10 bridgehead atoms. The Morgan fingerprint density at radius 3 is 0.512 bits per heavy atom. The van der Waals surface area contributed by atoms with E-state index >= 15 is 0 Å². The zero-order valence-electron chi connectivity index (χ0n) is 46.9. The van der Waals surface area contributed by atoms with Crippen molar-refractivity contribution in [2.75, 3.05) is 119 Å². The van der Waals surface area contributed by atoms with E-state index in [-0.39, 0.29) is 24.0 Å². The molecular formula is C62H70Br10INO10. The van der Waals surface area contributed by atoms with E-state index in [0.29, 0.717) is 151 Å². The third-order valence-electron chi connectivity index (χ3n) is 12.6. The van der Waals surface area contributed by atoms with Crippen molar-refractivity contribution in [2.24, 2.45) is 7.05 Å². The number of rotatable bonds is 30. The van der Waals surface area contributed by atoms with E-state index in [4.69, 9.17) is 47.4 Å². The van der Waals surface area contributed by atoms with Gasteiger partial charge in [-0.05, 0) is 73.2 Å². The molecule has 0 radical (unpaired) electrons. The lowest BCUT2D eigenvalue weighted by atomic mass is 9.94. The number of aromatic nitrogens is 1. The minimum Gasteiger partial charge on any atom is -1.00 e.